The van der Waals surface area contributed by atoms with Crippen LogP contribution in [0.25, 0.3) is 0 Å². The zero-order valence-electron chi connectivity index (χ0n) is 29.2. The summed E-state index contributed by atoms with van der Waals surface area (Å²) in [6, 6.07) is 66.5. The van der Waals surface area contributed by atoms with Gasteiger partial charge < -0.3 is 0 Å². The maximum atomic E-state index is 7.05. The molecule has 0 aliphatic carbocycles. The molecule has 0 spiro atoms. The molecule has 7 aromatic carbocycles. The van der Waals surface area contributed by atoms with Crippen LogP contribution in [0, 0.1) is 0 Å². The standard InChI is InChI=1S/C47H30N4O.2Ga/c1-6-18-37(19-7-1)49(38-20-8-2-9-21-38)42-28-16-29-43(34-42)51(41-26-14-5-15-27-41)45-32-33-47(48-36-45)52-46-31-17-30-44(35-46)50(39-22-10-3-11-23-39)40-24-12-4-13-25-40;;/h1-20,22-24,26-32H;;. The van der Waals surface area contributed by atoms with E-state index in [2.05, 4.69) is 197 Å². The van der Waals surface area contributed by atoms with Gasteiger partial charge in [0, 0.05) is 0 Å². The van der Waals surface area contributed by atoms with Crippen molar-refractivity contribution in [3.63, 3.8) is 0 Å². The Hall–Kier alpha value is -5.84. The summed E-state index contributed by atoms with van der Waals surface area (Å²) in [4.78, 5) is 13.2. The number of anilines is 9. The molecule has 0 bridgehead atoms. The molecule has 250 valence electrons. The number of hydrogen-bond acceptors (Lipinski definition) is 5. The zero-order valence-corrected chi connectivity index (χ0v) is 34.0. The van der Waals surface area contributed by atoms with Gasteiger partial charge in [0.1, 0.15) is 0 Å². The third kappa shape index (κ3) is 4.29. The summed E-state index contributed by atoms with van der Waals surface area (Å²) < 4.78 is 15.2. The molecule has 1 aromatic heterocycles. The Kier molecular flexibility index (Phi) is 6.71. The van der Waals surface area contributed by atoms with Crippen LogP contribution in [-0.2, 0) is 0 Å². The maximum absolute atomic E-state index is 7.05. The van der Waals surface area contributed by atoms with Crippen LogP contribution in [-0.4, -0.2) is 37.4 Å². The van der Waals surface area contributed by atoms with Crippen LogP contribution in [0.4, 0.5) is 51.2 Å². The normalized spacial score (nSPS) is 13.9. The van der Waals surface area contributed by atoms with Gasteiger partial charge in [-0.2, -0.15) is 0 Å². The number of pyridine rings is 1. The van der Waals surface area contributed by atoms with Crippen LogP contribution in [0.3, 0.4) is 0 Å². The Balaban J connectivity index is 1.13. The van der Waals surface area contributed by atoms with Gasteiger partial charge in [-0.3, -0.25) is 0 Å². The number of hydrogen-bond donors (Lipinski definition) is 0. The van der Waals surface area contributed by atoms with Gasteiger partial charge in [0.25, 0.3) is 0 Å². The first kappa shape index (κ1) is 30.6. The average Bonchev–Trinajstić information content (AvgIpc) is 3.24. The summed E-state index contributed by atoms with van der Waals surface area (Å²) in [5.41, 5.74) is 10.9. The molecule has 0 saturated heterocycles. The van der Waals surface area contributed by atoms with Crippen LogP contribution in [0.1, 0.15) is 0 Å². The summed E-state index contributed by atoms with van der Waals surface area (Å²) in [5.74, 6) is 1.75. The third-order valence-electron chi connectivity index (χ3n) is 11.5. The molecule has 4 aliphatic rings. The third-order valence-corrected chi connectivity index (χ3v) is 25.2. The fourth-order valence-electron chi connectivity index (χ4n) is 9.38. The first-order valence-corrected chi connectivity index (χ1v) is 25.8. The Bertz CT molecular complexity index is 2800. The fraction of sp³-hybridized carbons (Fsp3) is 0. The Labute approximate surface area is 324 Å². The van der Waals surface area contributed by atoms with E-state index in [-0.39, 0.29) is 0 Å². The molecular weight excluding hydrogens is 776 g/mol. The summed E-state index contributed by atoms with van der Waals surface area (Å²) >= 11 is -5.59. The van der Waals surface area contributed by atoms with Crippen molar-refractivity contribution >= 4 is 108 Å². The number of para-hydroxylation sites is 5. The number of nitrogens with zero attached hydrogens (tertiary/aromatic N) is 4. The molecule has 0 saturated carbocycles. The molecule has 12 rings (SSSR count). The van der Waals surface area contributed by atoms with Crippen molar-refractivity contribution < 1.29 is 4.74 Å². The first-order valence-electron chi connectivity index (χ1n) is 18.6. The molecule has 54 heavy (non-hydrogen) atoms. The second-order valence-electron chi connectivity index (χ2n) is 14.3. The van der Waals surface area contributed by atoms with E-state index in [1.807, 2.05) is 0 Å². The van der Waals surface area contributed by atoms with E-state index in [1.54, 1.807) is 0 Å². The van der Waals surface area contributed by atoms with E-state index in [4.69, 9.17) is 9.72 Å². The zero-order chi connectivity index (χ0) is 35.3. The molecule has 0 unspecified atom stereocenters. The number of aromatic nitrogens is 1. The molecule has 0 N–H and O–H groups in total. The fourth-order valence-corrected chi connectivity index (χ4v) is 23.9. The quantitative estimate of drug-likeness (QED) is 0.172. The van der Waals surface area contributed by atoms with Crippen LogP contribution in [0.15, 0.2) is 182 Å². The van der Waals surface area contributed by atoms with Crippen molar-refractivity contribution in [3.8, 4) is 11.6 Å². The van der Waals surface area contributed by atoms with Gasteiger partial charge >= 0.3 is 327 Å². The van der Waals surface area contributed by atoms with Crippen LogP contribution >= 0.6 is 0 Å². The van der Waals surface area contributed by atoms with Crippen LogP contribution < -0.4 is 44.3 Å². The van der Waals surface area contributed by atoms with E-state index < -0.39 is 32.4 Å². The predicted octanol–water partition coefficient (Wildman–Crippen LogP) is 7.57. The van der Waals surface area contributed by atoms with E-state index in [0.717, 1.165) is 23.0 Å². The molecule has 7 heteroatoms. The van der Waals surface area contributed by atoms with Gasteiger partial charge in [-0.1, -0.05) is 0 Å². The molecule has 0 atom stereocenters. The van der Waals surface area contributed by atoms with Gasteiger partial charge in [0.15, 0.2) is 0 Å². The van der Waals surface area contributed by atoms with Gasteiger partial charge in [-0.05, 0) is 0 Å². The molecular formula is C47H30Ga2N4O. The Morgan fingerprint density at radius 3 is 1.39 bits per heavy atom. The van der Waals surface area contributed by atoms with Crippen molar-refractivity contribution in [2.75, 3.05) is 14.7 Å². The van der Waals surface area contributed by atoms with Crippen molar-refractivity contribution in [3.05, 3.63) is 182 Å². The molecule has 0 fully saturated rings. The second-order valence-corrected chi connectivity index (χ2v) is 25.4. The van der Waals surface area contributed by atoms with Gasteiger partial charge in [-0.15, -0.1) is 0 Å². The molecule has 4 aliphatic heterocycles. The van der Waals surface area contributed by atoms with E-state index in [0.29, 0.717) is 0 Å². The molecule has 5 heterocycles. The van der Waals surface area contributed by atoms with E-state index >= 15 is 0 Å². The topological polar surface area (TPSA) is 31.8 Å². The van der Waals surface area contributed by atoms with E-state index in [1.165, 1.54) is 64.6 Å². The van der Waals surface area contributed by atoms with Gasteiger partial charge in [0.2, 0.25) is 0 Å². The van der Waals surface area contributed by atoms with Crippen LogP contribution in [0.5, 0.6) is 11.6 Å². The predicted molar refractivity (Wildman–Crippen MR) is 224 cm³/mol. The average molecular weight is 806 g/mol. The molecule has 0 radical (unpaired) electrons. The first-order chi connectivity index (χ1) is 26.8. The number of rotatable bonds is 3. The summed E-state index contributed by atoms with van der Waals surface area (Å²) in [7, 11) is 0. The number of benzene rings is 7. The van der Waals surface area contributed by atoms with Gasteiger partial charge in [0.05, 0.1) is 0 Å². The minimum absolute atomic E-state index is 0.800. The molecule has 8 aromatic rings. The summed E-state index contributed by atoms with van der Waals surface area (Å²) in [6.07, 6.45) is 0. The van der Waals surface area contributed by atoms with Crippen molar-refractivity contribution in [1.82, 2.24) is 4.98 Å². The minimum atomic E-state index is -2.83. The molecule has 5 nitrogen and oxygen atoms in total. The molecule has 0 amide bonds. The SMILES string of the molecule is c1ccc(N2c3cccc[c]3[Ga]3[c]4cc5[c](nc4Oc4cccc2[c]43)[Ga]2[c]3ccccc3N(c3ccccc3)c3cccc([c]32)N5c2ccccc2)cc1. The van der Waals surface area contributed by atoms with Gasteiger partial charge in [-0.25, -0.2) is 0 Å². The monoisotopic (exact) mass is 804 g/mol. The summed E-state index contributed by atoms with van der Waals surface area (Å²) in [6.45, 7) is 0. The Morgan fingerprint density at radius 1 is 0.370 bits per heavy atom. The van der Waals surface area contributed by atoms with Crippen molar-refractivity contribution in [2.45, 2.75) is 0 Å². The number of fused-ring (bicyclic) bond motifs is 8. The Morgan fingerprint density at radius 2 is 0.815 bits per heavy atom. The number of ether oxygens (including phenoxy) is 1. The summed E-state index contributed by atoms with van der Waals surface area (Å²) in [5, 5.41) is 0. The van der Waals surface area contributed by atoms with Crippen molar-refractivity contribution in [2.24, 2.45) is 0 Å². The van der Waals surface area contributed by atoms with Crippen LogP contribution in [0.2, 0.25) is 0 Å². The van der Waals surface area contributed by atoms with E-state index in [9.17, 15) is 0 Å². The second kappa shape index (κ2) is 11.8. The van der Waals surface area contributed by atoms with Crippen molar-refractivity contribution in [1.29, 1.82) is 0 Å².